The number of nitrogens with zero attached hydrogens (tertiary/aromatic N) is 4. The van der Waals surface area contributed by atoms with E-state index >= 15 is 0 Å². The van der Waals surface area contributed by atoms with Crippen LogP contribution in [-0.2, 0) is 0 Å². The molecule has 2 heterocycles. The van der Waals surface area contributed by atoms with E-state index in [0.717, 1.165) is 38.2 Å². The van der Waals surface area contributed by atoms with Gasteiger partial charge in [0, 0.05) is 37.7 Å². The van der Waals surface area contributed by atoms with E-state index in [9.17, 15) is 4.79 Å². The van der Waals surface area contributed by atoms with E-state index < -0.39 is 0 Å². The molecule has 0 radical (unpaired) electrons. The fourth-order valence-electron chi connectivity index (χ4n) is 3.09. The summed E-state index contributed by atoms with van der Waals surface area (Å²) in [5.41, 5.74) is 2.83. The van der Waals surface area contributed by atoms with Gasteiger partial charge >= 0.3 is 0 Å². The Morgan fingerprint density at radius 2 is 1.88 bits per heavy atom. The van der Waals surface area contributed by atoms with Gasteiger partial charge in [-0.2, -0.15) is 0 Å². The molecule has 1 aliphatic rings. The van der Waals surface area contributed by atoms with Crippen LogP contribution in [0.5, 0.6) is 0 Å². The maximum atomic E-state index is 12.5. The molecule has 1 saturated heterocycles. The first-order valence-corrected chi connectivity index (χ1v) is 8.64. The predicted molar refractivity (Wildman–Crippen MR) is 95.6 cm³/mol. The van der Waals surface area contributed by atoms with E-state index in [2.05, 4.69) is 35.9 Å². The van der Waals surface area contributed by atoms with E-state index in [1.54, 1.807) is 12.4 Å². The minimum Gasteiger partial charge on any atom is -0.339 e. The SMILES string of the molecule is CCN(c1cccc(C)c1)c1ncc(C(=O)N2CCCCC2)cn1. The van der Waals surface area contributed by atoms with Crippen molar-refractivity contribution in [2.75, 3.05) is 24.5 Å². The number of anilines is 2. The highest BCUT2D eigenvalue weighted by Gasteiger charge is 2.19. The summed E-state index contributed by atoms with van der Waals surface area (Å²) in [6, 6.07) is 8.26. The van der Waals surface area contributed by atoms with E-state index in [4.69, 9.17) is 0 Å². The second kappa shape index (κ2) is 7.43. The summed E-state index contributed by atoms with van der Waals surface area (Å²) < 4.78 is 0. The van der Waals surface area contributed by atoms with Gasteiger partial charge in [0.25, 0.3) is 5.91 Å². The number of rotatable bonds is 4. The summed E-state index contributed by atoms with van der Waals surface area (Å²) in [6.07, 6.45) is 6.68. The smallest absolute Gasteiger partial charge is 0.256 e. The van der Waals surface area contributed by atoms with Crippen LogP contribution >= 0.6 is 0 Å². The molecule has 0 spiro atoms. The summed E-state index contributed by atoms with van der Waals surface area (Å²) >= 11 is 0. The van der Waals surface area contributed by atoms with Crippen LogP contribution < -0.4 is 4.90 Å². The van der Waals surface area contributed by atoms with Crippen LogP contribution in [0.3, 0.4) is 0 Å². The van der Waals surface area contributed by atoms with Gasteiger partial charge in [0.15, 0.2) is 0 Å². The predicted octanol–water partition coefficient (Wildman–Crippen LogP) is 3.57. The molecule has 1 aromatic carbocycles. The molecule has 24 heavy (non-hydrogen) atoms. The molecule has 0 N–H and O–H groups in total. The molecule has 0 atom stereocenters. The van der Waals surface area contributed by atoms with Gasteiger partial charge in [0.1, 0.15) is 0 Å². The zero-order chi connectivity index (χ0) is 16.9. The number of carbonyl (C=O) groups is 1. The molecular formula is C19H24N4O. The van der Waals surface area contributed by atoms with E-state index in [0.29, 0.717) is 11.5 Å². The number of carbonyl (C=O) groups excluding carboxylic acids is 1. The highest BCUT2D eigenvalue weighted by molar-refractivity contribution is 5.93. The number of amides is 1. The van der Waals surface area contributed by atoms with Crippen LogP contribution in [0.2, 0.25) is 0 Å². The zero-order valence-corrected chi connectivity index (χ0v) is 14.4. The van der Waals surface area contributed by atoms with Gasteiger partial charge in [-0.05, 0) is 50.8 Å². The van der Waals surface area contributed by atoms with Crippen LogP contribution in [0, 0.1) is 6.92 Å². The van der Waals surface area contributed by atoms with Gasteiger partial charge < -0.3 is 9.80 Å². The number of hydrogen-bond donors (Lipinski definition) is 0. The van der Waals surface area contributed by atoms with Crippen LogP contribution in [0.25, 0.3) is 0 Å². The summed E-state index contributed by atoms with van der Waals surface area (Å²) in [4.78, 5) is 25.3. The third kappa shape index (κ3) is 3.55. The van der Waals surface area contributed by atoms with Crippen molar-refractivity contribution in [3.8, 4) is 0 Å². The molecule has 0 aliphatic carbocycles. The highest BCUT2D eigenvalue weighted by atomic mass is 16.2. The van der Waals surface area contributed by atoms with Crippen molar-refractivity contribution < 1.29 is 4.79 Å². The van der Waals surface area contributed by atoms with E-state index in [-0.39, 0.29) is 5.91 Å². The quantitative estimate of drug-likeness (QED) is 0.863. The maximum Gasteiger partial charge on any atom is 0.256 e. The van der Waals surface area contributed by atoms with Crippen molar-refractivity contribution in [1.82, 2.24) is 14.9 Å². The van der Waals surface area contributed by atoms with E-state index in [1.165, 1.54) is 12.0 Å². The first-order valence-electron chi connectivity index (χ1n) is 8.64. The molecule has 3 rings (SSSR count). The monoisotopic (exact) mass is 324 g/mol. The fourth-order valence-corrected chi connectivity index (χ4v) is 3.09. The Balaban J connectivity index is 1.78. The van der Waals surface area contributed by atoms with Crippen LogP contribution in [0.4, 0.5) is 11.6 Å². The Hall–Kier alpha value is -2.43. The minimum absolute atomic E-state index is 0.0415. The lowest BCUT2D eigenvalue weighted by atomic mass is 10.1. The average Bonchev–Trinajstić information content (AvgIpc) is 2.63. The lowest BCUT2D eigenvalue weighted by molar-refractivity contribution is 0.0723. The summed E-state index contributed by atoms with van der Waals surface area (Å²) in [7, 11) is 0. The Kier molecular flexibility index (Phi) is 5.08. The standard InChI is InChI=1S/C19H24N4O/c1-3-23(17-9-7-8-15(2)12-17)19-20-13-16(14-21-19)18(24)22-10-5-4-6-11-22/h7-9,12-14H,3-6,10-11H2,1-2H3. The van der Waals surface area contributed by atoms with Gasteiger partial charge in [-0.1, -0.05) is 12.1 Å². The molecule has 2 aromatic rings. The van der Waals surface area contributed by atoms with Crippen molar-refractivity contribution in [2.45, 2.75) is 33.1 Å². The number of likely N-dealkylation sites (tertiary alicyclic amines) is 1. The van der Waals surface area contributed by atoms with Gasteiger partial charge in [-0.25, -0.2) is 9.97 Å². The lowest BCUT2D eigenvalue weighted by Gasteiger charge is -2.26. The Bertz CT molecular complexity index is 693. The largest absolute Gasteiger partial charge is 0.339 e. The van der Waals surface area contributed by atoms with Crippen molar-refractivity contribution in [1.29, 1.82) is 0 Å². The maximum absolute atomic E-state index is 12.5. The van der Waals surface area contributed by atoms with Crippen LogP contribution in [0.1, 0.15) is 42.1 Å². The second-order valence-electron chi connectivity index (χ2n) is 6.21. The van der Waals surface area contributed by atoms with Gasteiger partial charge in [-0.3, -0.25) is 4.79 Å². The summed E-state index contributed by atoms with van der Waals surface area (Å²) in [6.45, 7) is 6.58. The number of benzene rings is 1. The molecular weight excluding hydrogens is 300 g/mol. The minimum atomic E-state index is 0.0415. The number of aromatic nitrogens is 2. The number of hydrogen-bond acceptors (Lipinski definition) is 4. The first kappa shape index (κ1) is 16.4. The third-order valence-corrected chi connectivity index (χ3v) is 4.40. The van der Waals surface area contributed by atoms with Crippen molar-refractivity contribution in [3.05, 3.63) is 47.8 Å². The molecule has 5 nitrogen and oxygen atoms in total. The summed E-state index contributed by atoms with van der Waals surface area (Å²) in [5, 5.41) is 0. The first-order chi connectivity index (χ1) is 11.7. The molecule has 126 valence electrons. The third-order valence-electron chi connectivity index (χ3n) is 4.40. The van der Waals surface area contributed by atoms with Gasteiger partial charge in [0.05, 0.1) is 5.56 Å². The molecule has 1 aromatic heterocycles. The van der Waals surface area contributed by atoms with Crippen LogP contribution in [0.15, 0.2) is 36.7 Å². The Morgan fingerprint density at radius 3 is 2.50 bits per heavy atom. The zero-order valence-electron chi connectivity index (χ0n) is 14.4. The van der Waals surface area contributed by atoms with Crippen molar-refractivity contribution >= 4 is 17.5 Å². The molecule has 0 saturated carbocycles. The molecule has 5 heteroatoms. The molecule has 1 amide bonds. The van der Waals surface area contributed by atoms with Gasteiger partial charge in [-0.15, -0.1) is 0 Å². The van der Waals surface area contributed by atoms with Gasteiger partial charge in [0.2, 0.25) is 5.95 Å². The Morgan fingerprint density at radius 1 is 1.17 bits per heavy atom. The normalized spacial score (nSPS) is 14.5. The van der Waals surface area contributed by atoms with E-state index in [1.807, 2.05) is 21.9 Å². The average molecular weight is 324 g/mol. The summed E-state index contributed by atoms with van der Waals surface area (Å²) in [5.74, 6) is 0.665. The van der Waals surface area contributed by atoms with Crippen molar-refractivity contribution in [3.63, 3.8) is 0 Å². The fraction of sp³-hybridized carbons (Fsp3) is 0.421. The van der Waals surface area contributed by atoms with Crippen molar-refractivity contribution in [2.24, 2.45) is 0 Å². The number of aryl methyl sites for hydroxylation is 1. The topological polar surface area (TPSA) is 49.3 Å². The molecule has 0 unspecified atom stereocenters. The molecule has 1 fully saturated rings. The number of piperidine rings is 1. The highest BCUT2D eigenvalue weighted by Crippen LogP contribution is 2.22. The van der Waals surface area contributed by atoms with Crippen LogP contribution in [-0.4, -0.2) is 40.4 Å². The Labute approximate surface area is 143 Å². The molecule has 0 bridgehead atoms. The lowest BCUT2D eigenvalue weighted by Crippen LogP contribution is -2.35. The molecule has 1 aliphatic heterocycles. The second-order valence-corrected chi connectivity index (χ2v) is 6.21.